The fraction of sp³-hybridized carbons (Fsp3) is 0.818. The lowest BCUT2D eigenvalue weighted by Gasteiger charge is -2.21. The standard InChI is InChI=1S/C11H18N2O/c1-3-11(2,8-12)10(14)13-9-6-4-5-7-9/h9H,3-7H2,1-2H3,(H,13,14). The van der Waals surface area contributed by atoms with Crippen LogP contribution in [0.4, 0.5) is 0 Å². The van der Waals surface area contributed by atoms with Crippen LogP contribution in [-0.4, -0.2) is 11.9 Å². The van der Waals surface area contributed by atoms with Gasteiger partial charge in [-0.25, -0.2) is 0 Å². The van der Waals surface area contributed by atoms with Crippen molar-refractivity contribution >= 4 is 5.91 Å². The Hall–Kier alpha value is -1.04. The molecule has 0 aliphatic heterocycles. The number of carbonyl (C=O) groups is 1. The zero-order valence-electron chi connectivity index (χ0n) is 8.97. The maximum absolute atomic E-state index is 11.7. The monoisotopic (exact) mass is 194 g/mol. The van der Waals surface area contributed by atoms with Crippen molar-refractivity contribution in [1.82, 2.24) is 5.32 Å². The number of nitrogens with zero attached hydrogens (tertiary/aromatic N) is 1. The molecule has 0 radical (unpaired) electrons. The van der Waals surface area contributed by atoms with Gasteiger partial charge in [0.2, 0.25) is 5.91 Å². The van der Waals surface area contributed by atoms with E-state index in [4.69, 9.17) is 5.26 Å². The van der Waals surface area contributed by atoms with Crippen molar-refractivity contribution in [1.29, 1.82) is 5.26 Å². The van der Waals surface area contributed by atoms with Gasteiger partial charge in [0.05, 0.1) is 6.07 Å². The highest BCUT2D eigenvalue weighted by molar-refractivity contribution is 5.85. The second-order valence-corrected chi connectivity index (χ2v) is 4.25. The summed E-state index contributed by atoms with van der Waals surface area (Å²) in [5.74, 6) is -0.102. The first-order valence-corrected chi connectivity index (χ1v) is 5.34. The van der Waals surface area contributed by atoms with E-state index in [0.29, 0.717) is 12.5 Å². The summed E-state index contributed by atoms with van der Waals surface area (Å²) in [6.07, 6.45) is 5.09. The van der Waals surface area contributed by atoms with E-state index >= 15 is 0 Å². The minimum absolute atomic E-state index is 0.102. The van der Waals surface area contributed by atoms with Crippen LogP contribution < -0.4 is 5.32 Å². The van der Waals surface area contributed by atoms with Crippen LogP contribution in [0.1, 0.15) is 46.0 Å². The van der Waals surface area contributed by atoms with Crippen molar-refractivity contribution in [2.24, 2.45) is 5.41 Å². The third-order valence-electron chi connectivity index (χ3n) is 3.15. The maximum Gasteiger partial charge on any atom is 0.240 e. The zero-order chi connectivity index (χ0) is 10.6. The first kappa shape index (κ1) is 11.0. The SMILES string of the molecule is CCC(C)(C#N)C(=O)NC1CCCC1. The lowest BCUT2D eigenvalue weighted by Crippen LogP contribution is -2.42. The molecular formula is C11H18N2O. The van der Waals surface area contributed by atoms with Gasteiger partial charge in [0, 0.05) is 6.04 Å². The van der Waals surface area contributed by atoms with E-state index in [1.807, 2.05) is 6.92 Å². The number of hydrogen-bond donors (Lipinski definition) is 1. The third-order valence-corrected chi connectivity index (χ3v) is 3.15. The summed E-state index contributed by atoms with van der Waals surface area (Å²) >= 11 is 0. The number of carbonyl (C=O) groups excluding carboxylic acids is 1. The lowest BCUT2D eigenvalue weighted by atomic mass is 9.88. The van der Waals surface area contributed by atoms with Crippen molar-refractivity contribution in [3.8, 4) is 6.07 Å². The molecule has 0 spiro atoms. The van der Waals surface area contributed by atoms with E-state index in [1.165, 1.54) is 12.8 Å². The van der Waals surface area contributed by atoms with Crippen LogP contribution in [0.25, 0.3) is 0 Å². The predicted molar refractivity (Wildman–Crippen MR) is 54.4 cm³/mol. The molecular weight excluding hydrogens is 176 g/mol. The van der Waals surface area contributed by atoms with Crippen molar-refractivity contribution in [3.05, 3.63) is 0 Å². The Bertz CT molecular complexity index is 251. The summed E-state index contributed by atoms with van der Waals surface area (Å²) in [6, 6.07) is 2.40. The van der Waals surface area contributed by atoms with Crippen molar-refractivity contribution in [2.75, 3.05) is 0 Å². The Labute approximate surface area is 85.5 Å². The zero-order valence-corrected chi connectivity index (χ0v) is 8.97. The molecule has 1 N–H and O–H groups in total. The topological polar surface area (TPSA) is 52.9 Å². The van der Waals surface area contributed by atoms with Crippen LogP contribution in [0.3, 0.4) is 0 Å². The Morgan fingerprint density at radius 2 is 2.14 bits per heavy atom. The number of nitriles is 1. The number of rotatable bonds is 3. The van der Waals surface area contributed by atoms with E-state index in [9.17, 15) is 4.79 Å². The summed E-state index contributed by atoms with van der Waals surface area (Å²) in [4.78, 5) is 11.7. The summed E-state index contributed by atoms with van der Waals surface area (Å²) in [7, 11) is 0. The molecule has 3 nitrogen and oxygen atoms in total. The van der Waals surface area contributed by atoms with E-state index in [0.717, 1.165) is 12.8 Å². The molecule has 0 bridgehead atoms. The molecule has 14 heavy (non-hydrogen) atoms. The molecule has 1 fully saturated rings. The van der Waals surface area contributed by atoms with Crippen LogP contribution in [0.5, 0.6) is 0 Å². The third kappa shape index (κ3) is 2.25. The average molecular weight is 194 g/mol. The van der Waals surface area contributed by atoms with Crippen LogP contribution in [0, 0.1) is 16.7 Å². The van der Waals surface area contributed by atoms with Gasteiger partial charge in [-0.05, 0) is 26.2 Å². The second-order valence-electron chi connectivity index (χ2n) is 4.25. The van der Waals surface area contributed by atoms with Gasteiger partial charge < -0.3 is 5.32 Å². The van der Waals surface area contributed by atoms with E-state index < -0.39 is 5.41 Å². The van der Waals surface area contributed by atoms with Gasteiger partial charge in [-0.1, -0.05) is 19.8 Å². The summed E-state index contributed by atoms with van der Waals surface area (Å²) < 4.78 is 0. The van der Waals surface area contributed by atoms with Crippen LogP contribution in [-0.2, 0) is 4.79 Å². The molecule has 0 heterocycles. The maximum atomic E-state index is 11.7. The van der Waals surface area contributed by atoms with Gasteiger partial charge in [-0.2, -0.15) is 5.26 Å². The van der Waals surface area contributed by atoms with Crippen molar-refractivity contribution < 1.29 is 4.79 Å². The largest absolute Gasteiger partial charge is 0.352 e. The molecule has 1 amide bonds. The molecule has 1 aliphatic rings. The average Bonchev–Trinajstić information content (AvgIpc) is 2.69. The Morgan fingerprint density at radius 3 is 2.57 bits per heavy atom. The van der Waals surface area contributed by atoms with E-state index in [-0.39, 0.29) is 5.91 Å². The number of amides is 1. The highest BCUT2D eigenvalue weighted by Gasteiger charge is 2.32. The molecule has 0 saturated heterocycles. The molecule has 3 heteroatoms. The van der Waals surface area contributed by atoms with Gasteiger partial charge in [0.15, 0.2) is 0 Å². The molecule has 0 aromatic heterocycles. The smallest absolute Gasteiger partial charge is 0.240 e. The minimum Gasteiger partial charge on any atom is -0.352 e. The van der Waals surface area contributed by atoms with Crippen LogP contribution in [0.15, 0.2) is 0 Å². The Morgan fingerprint density at radius 1 is 1.57 bits per heavy atom. The lowest BCUT2D eigenvalue weighted by molar-refractivity contribution is -0.128. The van der Waals surface area contributed by atoms with E-state index in [2.05, 4.69) is 11.4 Å². The summed E-state index contributed by atoms with van der Waals surface area (Å²) in [6.45, 7) is 3.58. The molecule has 1 atom stereocenters. The highest BCUT2D eigenvalue weighted by atomic mass is 16.2. The van der Waals surface area contributed by atoms with Crippen molar-refractivity contribution in [3.63, 3.8) is 0 Å². The minimum atomic E-state index is -0.845. The predicted octanol–water partition coefficient (Wildman–Crippen LogP) is 1.99. The van der Waals surface area contributed by atoms with Gasteiger partial charge in [0.1, 0.15) is 5.41 Å². The molecule has 1 aliphatic carbocycles. The fourth-order valence-corrected chi connectivity index (χ4v) is 1.71. The molecule has 0 aromatic carbocycles. The van der Waals surface area contributed by atoms with Gasteiger partial charge in [0.25, 0.3) is 0 Å². The van der Waals surface area contributed by atoms with Crippen molar-refractivity contribution in [2.45, 2.75) is 52.0 Å². The summed E-state index contributed by atoms with van der Waals surface area (Å²) in [5, 5.41) is 11.9. The first-order valence-electron chi connectivity index (χ1n) is 5.34. The van der Waals surface area contributed by atoms with Gasteiger partial charge >= 0.3 is 0 Å². The van der Waals surface area contributed by atoms with Crippen LogP contribution >= 0.6 is 0 Å². The Balaban J connectivity index is 2.52. The highest BCUT2D eigenvalue weighted by Crippen LogP contribution is 2.23. The molecule has 78 valence electrons. The Kier molecular flexibility index (Phi) is 3.51. The van der Waals surface area contributed by atoms with Gasteiger partial charge in [-0.3, -0.25) is 4.79 Å². The fourth-order valence-electron chi connectivity index (χ4n) is 1.71. The normalized spacial score (nSPS) is 21.2. The number of nitrogens with one attached hydrogen (secondary N) is 1. The summed E-state index contributed by atoms with van der Waals surface area (Å²) in [5.41, 5.74) is -0.845. The first-order chi connectivity index (χ1) is 6.62. The quantitative estimate of drug-likeness (QED) is 0.747. The van der Waals surface area contributed by atoms with E-state index in [1.54, 1.807) is 6.92 Å². The molecule has 0 aromatic rings. The second kappa shape index (κ2) is 4.45. The van der Waals surface area contributed by atoms with Crippen LogP contribution in [0.2, 0.25) is 0 Å². The molecule has 1 saturated carbocycles. The number of hydrogen-bond acceptors (Lipinski definition) is 2. The molecule has 1 rings (SSSR count). The van der Waals surface area contributed by atoms with Gasteiger partial charge in [-0.15, -0.1) is 0 Å². The molecule has 1 unspecified atom stereocenters.